The Kier molecular flexibility index (Phi) is 0.866. The minimum Gasteiger partial charge on any atom is -0.329 e. The van der Waals surface area contributed by atoms with Gasteiger partial charge in [-0.1, -0.05) is 0 Å². The summed E-state index contributed by atoms with van der Waals surface area (Å²) in [4.78, 5) is 0. The summed E-state index contributed by atoms with van der Waals surface area (Å²) in [5.41, 5.74) is 5.49. The second kappa shape index (κ2) is 1.45. The number of rotatable bonds is 1. The summed E-state index contributed by atoms with van der Waals surface area (Å²) < 4.78 is 0. The van der Waals surface area contributed by atoms with Gasteiger partial charge in [-0.05, 0) is 24.8 Å². The van der Waals surface area contributed by atoms with Crippen molar-refractivity contribution < 1.29 is 0 Å². The second-order valence-electron chi connectivity index (χ2n) is 2.91. The number of fused-ring (bicyclic) bond motifs is 1. The van der Waals surface area contributed by atoms with Gasteiger partial charge in [0.25, 0.3) is 0 Å². The van der Waals surface area contributed by atoms with Crippen LogP contribution in [0.1, 0.15) is 6.42 Å². The second-order valence-corrected chi connectivity index (χ2v) is 2.91. The van der Waals surface area contributed by atoms with E-state index in [2.05, 4.69) is 5.32 Å². The molecule has 1 heterocycles. The van der Waals surface area contributed by atoms with Crippen LogP contribution in [0.4, 0.5) is 0 Å². The van der Waals surface area contributed by atoms with E-state index in [9.17, 15) is 0 Å². The minimum atomic E-state index is 0.667. The summed E-state index contributed by atoms with van der Waals surface area (Å²) in [5.74, 6) is 1.96. The fraction of sp³-hybridized carbons (Fsp3) is 1.00. The average molecular weight is 112 g/mol. The van der Waals surface area contributed by atoms with E-state index in [-0.39, 0.29) is 0 Å². The lowest BCUT2D eigenvalue weighted by Crippen LogP contribution is -2.33. The van der Waals surface area contributed by atoms with Gasteiger partial charge in [-0.25, -0.2) is 0 Å². The molecule has 1 saturated heterocycles. The molecule has 0 amide bonds. The Balaban J connectivity index is 1.97. The molecule has 0 bridgehead atoms. The Morgan fingerprint density at radius 2 is 2.50 bits per heavy atom. The van der Waals surface area contributed by atoms with Crippen LogP contribution in [-0.4, -0.2) is 19.1 Å². The highest BCUT2D eigenvalue weighted by Gasteiger charge is 2.46. The molecule has 1 aliphatic heterocycles. The molecule has 2 nitrogen and oxygen atoms in total. The highest BCUT2D eigenvalue weighted by molar-refractivity contribution is 5.02. The van der Waals surface area contributed by atoms with Crippen molar-refractivity contribution in [3.8, 4) is 0 Å². The van der Waals surface area contributed by atoms with Gasteiger partial charge in [-0.3, -0.25) is 0 Å². The van der Waals surface area contributed by atoms with Gasteiger partial charge in [0.05, 0.1) is 0 Å². The zero-order valence-corrected chi connectivity index (χ0v) is 4.93. The van der Waals surface area contributed by atoms with E-state index in [1.807, 2.05) is 0 Å². The standard InChI is InChI=1S/C6H12N2/c7-2-6-5-1-4(5)3-8-6/h4-6,8H,1-3,7H2/t4-,5?,6-/m1/s1. The maximum atomic E-state index is 5.49. The van der Waals surface area contributed by atoms with Gasteiger partial charge < -0.3 is 11.1 Å². The maximum absolute atomic E-state index is 5.49. The topological polar surface area (TPSA) is 38.0 Å². The number of hydrogen-bond donors (Lipinski definition) is 2. The molecule has 2 rings (SSSR count). The fourth-order valence-corrected chi connectivity index (χ4v) is 1.71. The first-order chi connectivity index (χ1) is 3.92. The molecule has 3 N–H and O–H groups in total. The van der Waals surface area contributed by atoms with E-state index < -0.39 is 0 Å². The molecule has 46 valence electrons. The van der Waals surface area contributed by atoms with Crippen molar-refractivity contribution in [1.29, 1.82) is 0 Å². The largest absolute Gasteiger partial charge is 0.329 e. The molecule has 0 aromatic heterocycles. The summed E-state index contributed by atoms with van der Waals surface area (Å²) in [6.07, 6.45) is 1.44. The van der Waals surface area contributed by atoms with E-state index in [1.54, 1.807) is 0 Å². The van der Waals surface area contributed by atoms with Crippen molar-refractivity contribution >= 4 is 0 Å². The third-order valence-corrected chi connectivity index (χ3v) is 2.39. The Morgan fingerprint density at radius 1 is 1.62 bits per heavy atom. The lowest BCUT2D eigenvalue weighted by atomic mass is 10.2. The average Bonchev–Trinajstić information content (AvgIpc) is 2.46. The number of nitrogens with one attached hydrogen (secondary N) is 1. The van der Waals surface area contributed by atoms with Gasteiger partial charge in [0.1, 0.15) is 0 Å². The van der Waals surface area contributed by atoms with E-state index in [4.69, 9.17) is 5.73 Å². The van der Waals surface area contributed by atoms with E-state index in [0.717, 1.165) is 18.4 Å². The summed E-state index contributed by atoms with van der Waals surface area (Å²) in [6.45, 7) is 2.06. The quantitative estimate of drug-likeness (QED) is 0.482. The molecule has 0 aromatic rings. The van der Waals surface area contributed by atoms with Gasteiger partial charge in [-0.2, -0.15) is 0 Å². The Bertz CT molecular complexity index is 103. The molecule has 1 saturated carbocycles. The van der Waals surface area contributed by atoms with Crippen molar-refractivity contribution in [2.24, 2.45) is 17.6 Å². The van der Waals surface area contributed by atoms with Crippen molar-refractivity contribution in [3.63, 3.8) is 0 Å². The predicted molar refractivity (Wildman–Crippen MR) is 32.4 cm³/mol. The fourth-order valence-electron chi connectivity index (χ4n) is 1.71. The SMILES string of the molecule is NC[C@H]1NC[C@H]2CC21. The van der Waals surface area contributed by atoms with Crippen LogP contribution in [0, 0.1) is 11.8 Å². The van der Waals surface area contributed by atoms with Gasteiger partial charge in [0, 0.05) is 12.6 Å². The maximum Gasteiger partial charge on any atom is 0.0221 e. The zero-order chi connectivity index (χ0) is 5.56. The van der Waals surface area contributed by atoms with Gasteiger partial charge >= 0.3 is 0 Å². The van der Waals surface area contributed by atoms with Crippen LogP contribution in [0.2, 0.25) is 0 Å². The molecule has 3 atom stereocenters. The lowest BCUT2D eigenvalue weighted by molar-refractivity contribution is 0.543. The molecule has 1 unspecified atom stereocenters. The van der Waals surface area contributed by atoms with Crippen LogP contribution in [0.25, 0.3) is 0 Å². The van der Waals surface area contributed by atoms with Gasteiger partial charge in [-0.15, -0.1) is 0 Å². The van der Waals surface area contributed by atoms with Crippen molar-refractivity contribution in [3.05, 3.63) is 0 Å². The molecule has 0 aromatic carbocycles. The summed E-state index contributed by atoms with van der Waals surface area (Å²) in [6, 6.07) is 0.667. The molecule has 1 aliphatic carbocycles. The number of piperidine rings is 1. The van der Waals surface area contributed by atoms with Crippen LogP contribution < -0.4 is 11.1 Å². The van der Waals surface area contributed by atoms with Crippen LogP contribution in [0.15, 0.2) is 0 Å². The molecule has 8 heavy (non-hydrogen) atoms. The first kappa shape index (κ1) is 4.77. The first-order valence-electron chi connectivity index (χ1n) is 3.35. The van der Waals surface area contributed by atoms with Crippen molar-refractivity contribution in [2.45, 2.75) is 12.5 Å². The molecule has 0 spiro atoms. The number of nitrogens with two attached hydrogens (primary N) is 1. The van der Waals surface area contributed by atoms with Crippen LogP contribution in [0.3, 0.4) is 0 Å². The monoisotopic (exact) mass is 112 g/mol. The van der Waals surface area contributed by atoms with Gasteiger partial charge in [0.15, 0.2) is 0 Å². The zero-order valence-electron chi connectivity index (χ0n) is 4.93. The first-order valence-corrected chi connectivity index (χ1v) is 3.35. The van der Waals surface area contributed by atoms with E-state index in [0.29, 0.717) is 6.04 Å². The van der Waals surface area contributed by atoms with Crippen LogP contribution in [0.5, 0.6) is 0 Å². The molecular weight excluding hydrogens is 100 g/mol. The normalized spacial score (nSPS) is 51.4. The summed E-state index contributed by atoms with van der Waals surface area (Å²) in [5, 5.41) is 3.38. The van der Waals surface area contributed by atoms with E-state index in [1.165, 1.54) is 13.0 Å². The molecule has 2 heteroatoms. The highest BCUT2D eigenvalue weighted by Crippen LogP contribution is 2.44. The summed E-state index contributed by atoms with van der Waals surface area (Å²) in [7, 11) is 0. The highest BCUT2D eigenvalue weighted by atomic mass is 15.0. The Morgan fingerprint density at radius 3 is 2.75 bits per heavy atom. The van der Waals surface area contributed by atoms with Crippen molar-refractivity contribution in [2.75, 3.05) is 13.1 Å². The Hall–Kier alpha value is -0.0800. The third kappa shape index (κ3) is 0.501. The minimum absolute atomic E-state index is 0.667. The Labute approximate surface area is 49.4 Å². The smallest absolute Gasteiger partial charge is 0.0221 e. The number of hydrogen-bond acceptors (Lipinski definition) is 2. The molecule has 2 fully saturated rings. The summed E-state index contributed by atoms with van der Waals surface area (Å²) >= 11 is 0. The third-order valence-electron chi connectivity index (χ3n) is 2.39. The molecule has 0 radical (unpaired) electrons. The van der Waals surface area contributed by atoms with Crippen LogP contribution in [-0.2, 0) is 0 Å². The molecular formula is C6H12N2. The van der Waals surface area contributed by atoms with Crippen LogP contribution >= 0.6 is 0 Å². The predicted octanol–water partition coefficient (Wildman–Crippen LogP) is -0.447. The lowest BCUT2D eigenvalue weighted by Gasteiger charge is -2.07. The molecule has 2 aliphatic rings. The van der Waals surface area contributed by atoms with Crippen molar-refractivity contribution in [1.82, 2.24) is 5.32 Å². The van der Waals surface area contributed by atoms with E-state index >= 15 is 0 Å². The van der Waals surface area contributed by atoms with Gasteiger partial charge in [0.2, 0.25) is 0 Å².